The lowest BCUT2D eigenvalue weighted by molar-refractivity contribution is 0.313. The van der Waals surface area contributed by atoms with Gasteiger partial charge in [0.25, 0.3) is 0 Å². The number of nitrogens with one attached hydrogen (secondary N) is 3. The maximum atomic E-state index is 5.73. The first-order chi connectivity index (χ1) is 19.0. The lowest BCUT2D eigenvalue weighted by Crippen LogP contribution is -2.44. The van der Waals surface area contributed by atoms with Crippen molar-refractivity contribution in [1.82, 2.24) is 24.6 Å². The van der Waals surface area contributed by atoms with Gasteiger partial charge in [-0.05, 0) is 56.3 Å². The Kier molecular flexibility index (Phi) is 7.01. The summed E-state index contributed by atoms with van der Waals surface area (Å²) in [6.45, 7) is 4.73. The molecule has 3 N–H and O–H groups in total. The summed E-state index contributed by atoms with van der Waals surface area (Å²) in [5.41, 5.74) is 3.87. The third kappa shape index (κ3) is 5.50. The fourth-order valence-corrected chi connectivity index (χ4v) is 5.18. The van der Waals surface area contributed by atoms with Gasteiger partial charge in [-0.25, -0.2) is 0 Å². The molecule has 2 aliphatic rings. The first kappa shape index (κ1) is 25.4. The molecule has 1 aliphatic carbocycles. The van der Waals surface area contributed by atoms with Crippen LogP contribution in [-0.2, 0) is 6.54 Å². The number of hydrogen-bond acceptors (Lipinski definition) is 9. The minimum Gasteiger partial charge on any atom is -0.497 e. The Labute approximate surface area is 232 Å². The van der Waals surface area contributed by atoms with Crippen molar-refractivity contribution in [1.29, 1.82) is 0 Å². The molecule has 4 aromatic rings. The van der Waals surface area contributed by atoms with E-state index in [1.165, 1.54) is 5.69 Å². The standard InChI is InChI=1S/C28H34N8O2S/c1-34-12-14-35(15-13-34)21-9-7-20(8-10-21)30-28-31-25(29-19-5-6-19)24-26(32-28)36(33-27(24)39)17-18-4-11-22(37-2)16-23(18)38-3/h4,7-11,16,19H,5-6,12-15,17H2,1-3H3,(H,33,39)(H2,29,30,31,32). The molecule has 10 nitrogen and oxygen atoms in total. The minimum absolute atomic E-state index is 0.415. The highest BCUT2D eigenvalue weighted by atomic mass is 32.1. The van der Waals surface area contributed by atoms with Gasteiger partial charge in [-0.3, -0.25) is 9.78 Å². The fraction of sp³-hybridized carbons (Fsp3) is 0.393. The van der Waals surface area contributed by atoms with E-state index in [-0.39, 0.29) is 0 Å². The van der Waals surface area contributed by atoms with Crippen LogP contribution in [0.4, 0.5) is 23.1 Å². The first-order valence-electron chi connectivity index (χ1n) is 13.3. The molecule has 2 aromatic heterocycles. The molecule has 0 radical (unpaired) electrons. The molecule has 3 heterocycles. The van der Waals surface area contributed by atoms with Gasteiger partial charge in [-0.1, -0.05) is 12.2 Å². The number of likely N-dealkylation sites (N-methyl/N-ethyl adjacent to an activating group) is 1. The van der Waals surface area contributed by atoms with E-state index in [2.05, 4.69) is 56.8 Å². The van der Waals surface area contributed by atoms with Crippen LogP contribution in [0.2, 0.25) is 0 Å². The first-order valence-corrected chi connectivity index (χ1v) is 13.7. The minimum atomic E-state index is 0.415. The Morgan fingerprint density at radius 1 is 1.00 bits per heavy atom. The van der Waals surface area contributed by atoms with Crippen LogP contribution < -0.4 is 25.0 Å². The summed E-state index contributed by atoms with van der Waals surface area (Å²) in [5, 5.41) is 11.1. The second-order valence-corrected chi connectivity index (χ2v) is 10.6. The molecule has 11 heteroatoms. The average molecular weight is 547 g/mol. The molecule has 1 saturated heterocycles. The van der Waals surface area contributed by atoms with Gasteiger partial charge in [-0.15, -0.1) is 0 Å². The Morgan fingerprint density at radius 3 is 2.46 bits per heavy atom. The maximum absolute atomic E-state index is 5.73. The van der Waals surface area contributed by atoms with Gasteiger partial charge in [0.1, 0.15) is 22.0 Å². The number of fused-ring (bicyclic) bond motifs is 1. The van der Waals surface area contributed by atoms with Crippen molar-refractivity contribution < 1.29 is 9.47 Å². The smallest absolute Gasteiger partial charge is 0.231 e. The summed E-state index contributed by atoms with van der Waals surface area (Å²) in [4.78, 5) is 14.5. The number of methoxy groups -OCH3 is 2. The molecule has 0 atom stereocenters. The van der Waals surface area contributed by atoms with Crippen molar-refractivity contribution in [3.8, 4) is 11.5 Å². The molecule has 6 rings (SSSR count). The third-order valence-corrected chi connectivity index (χ3v) is 7.64. The number of rotatable bonds is 9. The molecule has 2 aromatic carbocycles. The second kappa shape index (κ2) is 10.7. The van der Waals surface area contributed by atoms with Crippen LogP contribution in [0.1, 0.15) is 18.4 Å². The molecular formula is C28H34N8O2S. The van der Waals surface area contributed by atoms with Crippen LogP contribution in [0.25, 0.3) is 11.0 Å². The summed E-state index contributed by atoms with van der Waals surface area (Å²) in [6.07, 6.45) is 2.25. The topological polar surface area (TPSA) is 95.5 Å². The SMILES string of the molecule is COc1ccc(Cn2[nH]c(=S)c3c(NC4CC4)nc(Nc4ccc(N5CCN(C)CC5)cc4)nc32)c(OC)c1. The highest BCUT2D eigenvalue weighted by Gasteiger charge is 2.25. The summed E-state index contributed by atoms with van der Waals surface area (Å²) in [6, 6.07) is 14.7. The van der Waals surface area contributed by atoms with Gasteiger partial charge in [0, 0.05) is 55.2 Å². The van der Waals surface area contributed by atoms with E-state index in [0.717, 1.165) is 78.6 Å². The number of piperazine rings is 1. The molecule has 204 valence electrons. The number of nitrogens with zero attached hydrogens (tertiary/aromatic N) is 5. The number of anilines is 4. The summed E-state index contributed by atoms with van der Waals surface area (Å²) in [7, 11) is 5.47. The average Bonchev–Trinajstić information content (AvgIpc) is 3.71. The molecule has 0 bridgehead atoms. The monoisotopic (exact) mass is 546 g/mol. The number of aromatic nitrogens is 4. The quantitative estimate of drug-likeness (QED) is 0.260. The highest BCUT2D eigenvalue weighted by Crippen LogP contribution is 2.32. The normalized spacial score (nSPS) is 15.9. The van der Waals surface area contributed by atoms with E-state index < -0.39 is 0 Å². The Hall–Kier alpha value is -3.83. The van der Waals surface area contributed by atoms with Gasteiger partial charge in [-0.2, -0.15) is 9.97 Å². The van der Waals surface area contributed by atoms with E-state index in [1.807, 2.05) is 22.9 Å². The largest absolute Gasteiger partial charge is 0.497 e. The van der Waals surface area contributed by atoms with Gasteiger partial charge >= 0.3 is 0 Å². The van der Waals surface area contributed by atoms with E-state index in [9.17, 15) is 0 Å². The van der Waals surface area contributed by atoms with E-state index in [0.29, 0.717) is 23.2 Å². The summed E-state index contributed by atoms with van der Waals surface area (Å²) < 4.78 is 13.5. The van der Waals surface area contributed by atoms with Crippen molar-refractivity contribution in [3.63, 3.8) is 0 Å². The van der Waals surface area contributed by atoms with E-state index in [1.54, 1.807) is 14.2 Å². The number of hydrogen-bond donors (Lipinski definition) is 3. The predicted octanol–water partition coefficient (Wildman–Crippen LogP) is 4.62. The molecule has 1 saturated carbocycles. The number of ether oxygens (including phenoxy) is 2. The van der Waals surface area contributed by atoms with Gasteiger partial charge in [0.15, 0.2) is 5.65 Å². The van der Waals surface area contributed by atoms with Crippen LogP contribution in [0.15, 0.2) is 42.5 Å². The third-order valence-electron chi connectivity index (χ3n) is 7.34. The number of aromatic amines is 1. The number of H-pyrrole nitrogens is 1. The summed E-state index contributed by atoms with van der Waals surface area (Å²) in [5.74, 6) is 2.74. The molecule has 1 aliphatic heterocycles. The molecule has 0 unspecified atom stereocenters. The van der Waals surface area contributed by atoms with Crippen LogP contribution >= 0.6 is 12.2 Å². The van der Waals surface area contributed by atoms with Crippen molar-refractivity contribution in [2.45, 2.75) is 25.4 Å². The Morgan fingerprint density at radius 2 is 1.77 bits per heavy atom. The lowest BCUT2D eigenvalue weighted by atomic mass is 10.2. The molecule has 0 amide bonds. The van der Waals surface area contributed by atoms with Gasteiger partial charge in [0.05, 0.1) is 26.2 Å². The Balaban J connectivity index is 1.31. The Bertz CT molecular complexity index is 1520. The zero-order valence-electron chi connectivity index (χ0n) is 22.5. The zero-order valence-corrected chi connectivity index (χ0v) is 23.3. The van der Waals surface area contributed by atoms with Gasteiger partial charge < -0.3 is 29.9 Å². The van der Waals surface area contributed by atoms with E-state index >= 15 is 0 Å². The van der Waals surface area contributed by atoms with Crippen LogP contribution in [0.5, 0.6) is 11.5 Å². The summed E-state index contributed by atoms with van der Waals surface area (Å²) >= 11 is 5.73. The molecule has 0 spiro atoms. The second-order valence-electron chi connectivity index (χ2n) is 10.2. The zero-order chi connectivity index (χ0) is 26.9. The fourth-order valence-electron chi connectivity index (χ4n) is 4.88. The lowest BCUT2D eigenvalue weighted by Gasteiger charge is -2.34. The van der Waals surface area contributed by atoms with Crippen molar-refractivity contribution in [2.75, 3.05) is 63.0 Å². The number of benzene rings is 2. The predicted molar refractivity (Wildman–Crippen MR) is 157 cm³/mol. The molecule has 39 heavy (non-hydrogen) atoms. The molecule has 2 fully saturated rings. The van der Waals surface area contributed by atoms with Crippen molar-refractivity contribution in [2.24, 2.45) is 0 Å². The highest BCUT2D eigenvalue weighted by molar-refractivity contribution is 7.71. The maximum Gasteiger partial charge on any atom is 0.231 e. The molecular weight excluding hydrogens is 512 g/mol. The van der Waals surface area contributed by atoms with Crippen molar-refractivity contribution in [3.05, 3.63) is 52.7 Å². The van der Waals surface area contributed by atoms with Gasteiger partial charge in [0.2, 0.25) is 5.95 Å². The van der Waals surface area contributed by atoms with Crippen LogP contribution in [0, 0.1) is 4.64 Å². The van der Waals surface area contributed by atoms with E-state index in [4.69, 9.17) is 31.7 Å². The van der Waals surface area contributed by atoms with Crippen LogP contribution in [0.3, 0.4) is 0 Å². The van der Waals surface area contributed by atoms with Crippen molar-refractivity contribution >= 4 is 46.4 Å². The van der Waals surface area contributed by atoms with Crippen LogP contribution in [-0.4, -0.2) is 78.1 Å².